The predicted molar refractivity (Wildman–Crippen MR) is 89.4 cm³/mol. The fourth-order valence-electron chi connectivity index (χ4n) is 5.18. The van der Waals surface area contributed by atoms with Gasteiger partial charge in [-0.25, -0.2) is 4.79 Å². The average Bonchev–Trinajstić information content (AvgIpc) is 2.54. The van der Waals surface area contributed by atoms with Crippen molar-refractivity contribution in [1.29, 1.82) is 0 Å². The first-order valence-corrected chi connectivity index (χ1v) is 8.93. The van der Waals surface area contributed by atoms with Gasteiger partial charge in [0.15, 0.2) is 0 Å². The van der Waals surface area contributed by atoms with Crippen LogP contribution < -0.4 is 0 Å². The number of hydrogen-bond donors (Lipinski definition) is 1. The second kappa shape index (κ2) is 6.11. The number of nitrogens with zero attached hydrogens (tertiary/aromatic N) is 2. The molecule has 5 rings (SSSR count). The first kappa shape index (κ1) is 15.5. The standard InChI is InChI=1S/C19H24N2O3/c22-18(12-20(19(23)24)11-13-4-2-1-3-5-13)21-16-7-14-6-15(9-16)10-17(21)8-14/h1-5,14-17H,6-12H2,(H,23,24). The molecule has 2 saturated heterocycles. The van der Waals surface area contributed by atoms with Crippen molar-refractivity contribution in [2.45, 2.75) is 50.7 Å². The third-order valence-corrected chi connectivity index (χ3v) is 5.98. The first-order valence-electron chi connectivity index (χ1n) is 8.93. The van der Waals surface area contributed by atoms with Gasteiger partial charge in [0.1, 0.15) is 6.54 Å². The van der Waals surface area contributed by atoms with Gasteiger partial charge in [0.05, 0.1) is 0 Å². The highest BCUT2D eigenvalue weighted by Crippen LogP contribution is 2.49. The van der Waals surface area contributed by atoms with Crippen molar-refractivity contribution in [2.75, 3.05) is 6.54 Å². The summed E-state index contributed by atoms with van der Waals surface area (Å²) in [4.78, 5) is 27.7. The van der Waals surface area contributed by atoms with E-state index in [4.69, 9.17) is 0 Å². The number of carbonyl (C=O) groups excluding carboxylic acids is 1. The molecule has 5 heteroatoms. The van der Waals surface area contributed by atoms with Crippen LogP contribution >= 0.6 is 0 Å². The molecule has 0 spiro atoms. The van der Waals surface area contributed by atoms with Gasteiger partial charge in [-0.15, -0.1) is 0 Å². The first-order chi connectivity index (χ1) is 11.6. The molecule has 2 saturated carbocycles. The van der Waals surface area contributed by atoms with Gasteiger partial charge in [0.25, 0.3) is 0 Å². The molecule has 2 aliphatic heterocycles. The summed E-state index contributed by atoms with van der Waals surface area (Å²) in [5.41, 5.74) is 0.910. The maximum atomic E-state index is 12.9. The Bertz CT molecular complexity index is 603. The topological polar surface area (TPSA) is 60.9 Å². The maximum absolute atomic E-state index is 12.9. The van der Waals surface area contributed by atoms with E-state index in [0.717, 1.165) is 43.1 Å². The summed E-state index contributed by atoms with van der Waals surface area (Å²) < 4.78 is 0. The number of piperidine rings is 2. The lowest BCUT2D eigenvalue weighted by Crippen LogP contribution is -2.61. The van der Waals surface area contributed by atoms with E-state index < -0.39 is 6.09 Å². The Labute approximate surface area is 142 Å². The van der Waals surface area contributed by atoms with Gasteiger partial charge < -0.3 is 10.0 Å². The Kier molecular flexibility index (Phi) is 3.94. The van der Waals surface area contributed by atoms with Crippen LogP contribution in [0.1, 0.15) is 37.7 Å². The summed E-state index contributed by atoms with van der Waals surface area (Å²) in [7, 11) is 0. The monoisotopic (exact) mass is 328 g/mol. The molecule has 128 valence electrons. The van der Waals surface area contributed by atoms with Crippen LogP contribution in [0.5, 0.6) is 0 Å². The molecule has 2 aliphatic carbocycles. The van der Waals surface area contributed by atoms with Crippen molar-refractivity contribution >= 4 is 12.0 Å². The Morgan fingerprint density at radius 2 is 1.58 bits per heavy atom. The summed E-state index contributed by atoms with van der Waals surface area (Å²) in [6.45, 7) is 0.225. The summed E-state index contributed by atoms with van der Waals surface area (Å²) >= 11 is 0. The Morgan fingerprint density at radius 3 is 2.12 bits per heavy atom. The van der Waals surface area contributed by atoms with Gasteiger partial charge in [-0.05, 0) is 49.5 Å². The van der Waals surface area contributed by atoms with Crippen LogP contribution in [0.25, 0.3) is 0 Å². The van der Waals surface area contributed by atoms with Crippen molar-refractivity contribution in [3.63, 3.8) is 0 Å². The lowest BCUT2D eigenvalue weighted by atomic mass is 9.63. The van der Waals surface area contributed by atoms with Gasteiger partial charge >= 0.3 is 6.09 Å². The number of carboxylic acid groups (broad SMARTS) is 1. The molecule has 1 N–H and O–H groups in total. The van der Waals surface area contributed by atoms with Crippen LogP contribution in [0, 0.1) is 11.8 Å². The van der Waals surface area contributed by atoms with Gasteiger partial charge in [-0.3, -0.25) is 9.69 Å². The SMILES string of the molecule is O=C(O)N(CC(=O)N1C2CC3CC(C2)CC1C3)Cc1ccccc1. The Hall–Kier alpha value is -2.04. The second-order valence-electron chi connectivity index (χ2n) is 7.64. The number of hydrogen-bond acceptors (Lipinski definition) is 2. The fraction of sp³-hybridized carbons (Fsp3) is 0.579. The summed E-state index contributed by atoms with van der Waals surface area (Å²) in [5.74, 6) is 1.56. The van der Waals surface area contributed by atoms with E-state index in [-0.39, 0.29) is 19.0 Å². The van der Waals surface area contributed by atoms with Crippen LogP contribution in [0.3, 0.4) is 0 Å². The van der Waals surface area contributed by atoms with Crippen LogP contribution in [-0.4, -0.2) is 45.5 Å². The van der Waals surface area contributed by atoms with E-state index in [2.05, 4.69) is 0 Å². The molecule has 24 heavy (non-hydrogen) atoms. The van der Waals surface area contributed by atoms with Crippen molar-refractivity contribution in [2.24, 2.45) is 11.8 Å². The summed E-state index contributed by atoms with van der Waals surface area (Å²) in [6.07, 6.45) is 4.77. The van der Waals surface area contributed by atoms with Crippen molar-refractivity contribution in [3.8, 4) is 0 Å². The maximum Gasteiger partial charge on any atom is 0.408 e. The molecule has 2 heterocycles. The fourth-order valence-corrected chi connectivity index (χ4v) is 5.18. The number of rotatable bonds is 4. The zero-order valence-corrected chi connectivity index (χ0v) is 13.8. The summed E-state index contributed by atoms with van der Waals surface area (Å²) in [5, 5.41) is 9.49. The lowest BCUT2D eigenvalue weighted by molar-refractivity contribution is -0.150. The molecule has 4 bridgehead atoms. The largest absolute Gasteiger partial charge is 0.465 e. The highest BCUT2D eigenvalue weighted by Gasteiger charge is 2.48. The van der Waals surface area contributed by atoms with Gasteiger partial charge in [-0.1, -0.05) is 30.3 Å². The second-order valence-corrected chi connectivity index (χ2v) is 7.64. The molecule has 1 aromatic rings. The minimum atomic E-state index is -1.03. The zero-order valence-electron chi connectivity index (χ0n) is 13.8. The summed E-state index contributed by atoms with van der Waals surface area (Å²) in [6, 6.07) is 10.2. The van der Waals surface area contributed by atoms with Gasteiger partial charge in [0.2, 0.25) is 5.91 Å². The predicted octanol–water partition coefficient (Wildman–Crippen LogP) is 2.96. The van der Waals surface area contributed by atoms with Crippen molar-refractivity contribution in [1.82, 2.24) is 9.80 Å². The van der Waals surface area contributed by atoms with Crippen LogP contribution in [0.4, 0.5) is 4.79 Å². The average molecular weight is 328 g/mol. The molecule has 0 radical (unpaired) electrons. The van der Waals surface area contributed by atoms with Gasteiger partial charge in [0, 0.05) is 18.6 Å². The number of carbonyl (C=O) groups is 2. The highest BCUT2D eigenvalue weighted by molar-refractivity contribution is 5.82. The van der Waals surface area contributed by atoms with E-state index >= 15 is 0 Å². The minimum Gasteiger partial charge on any atom is -0.465 e. The van der Waals surface area contributed by atoms with E-state index in [0.29, 0.717) is 12.1 Å². The van der Waals surface area contributed by atoms with Crippen LogP contribution in [0.2, 0.25) is 0 Å². The van der Waals surface area contributed by atoms with E-state index in [1.807, 2.05) is 35.2 Å². The zero-order chi connectivity index (χ0) is 16.7. The molecule has 0 aromatic heterocycles. The van der Waals surface area contributed by atoms with Crippen LogP contribution in [0.15, 0.2) is 30.3 Å². The molecule has 0 atom stereocenters. The van der Waals surface area contributed by atoms with Crippen LogP contribution in [-0.2, 0) is 11.3 Å². The molecular formula is C19H24N2O3. The van der Waals surface area contributed by atoms with E-state index in [9.17, 15) is 14.7 Å². The van der Waals surface area contributed by atoms with Crippen molar-refractivity contribution in [3.05, 3.63) is 35.9 Å². The molecule has 2 amide bonds. The Balaban J connectivity index is 1.44. The van der Waals surface area contributed by atoms with E-state index in [1.165, 1.54) is 11.3 Å². The van der Waals surface area contributed by atoms with Gasteiger partial charge in [-0.2, -0.15) is 0 Å². The molecule has 5 nitrogen and oxygen atoms in total. The molecule has 0 unspecified atom stereocenters. The van der Waals surface area contributed by atoms with E-state index in [1.54, 1.807) is 0 Å². The lowest BCUT2D eigenvalue weighted by Gasteiger charge is -2.56. The third-order valence-electron chi connectivity index (χ3n) is 5.98. The number of amides is 2. The number of benzene rings is 1. The third kappa shape index (κ3) is 2.87. The molecule has 4 fully saturated rings. The Morgan fingerprint density at radius 1 is 1.00 bits per heavy atom. The molecule has 4 aliphatic rings. The smallest absolute Gasteiger partial charge is 0.408 e. The minimum absolute atomic E-state index is 0.0119. The molecular weight excluding hydrogens is 304 g/mol. The normalized spacial score (nSPS) is 30.4. The quantitative estimate of drug-likeness (QED) is 0.924. The highest BCUT2D eigenvalue weighted by atomic mass is 16.4. The molecule has 1 aromatic carbocycles. The van der Waals surface area contributed by atoms with Crippen molar-refractivity contribution < 1.29 is 14.7 Å².